The van der Waals surface area contributed by atoms with Crippen LogP contribution in [0.1, 0.15) is 172 Å². The second-order valence-electron chi connectivity index (χ2n) is 31.0. The molecule has 45 heteroatoms. The average molecular weight is 1880 g/mol. The minimum atomic E-state index is -1.97. The molecule has 736 valence electrons. The normalized spacial score (nSPS) is 18.5. The number of amides is 10. The summed E-state index contributed by atoms with van der Waals surface area (Å²) < 4.78 is 36.9. The minimum Gasteiger partial charge on any atom is -0.481 e. The van der Waals surface area contributed by atoms with Crippen molar-refractivity contribution in [3.63, 3.8) is 0 Å². The van der Waals surface area contributed by atoms with Gasteiger partial charge in [0.2, 0.25) is 65.7 Å². The fourth-order valence-corrected chi connectivity index (χ4v) is 13.0. The van der Waals surface area contributed by atoms with Gasteiger partial charge in [0, 0.05) is 123 Å². The molecule has 0 saturated carbocycles. The summed E-state index contributed by atoms with van der Waals surface area (Å²) in [6.45, 7) is 9.84. The number of primary amides is 1. The van der Waals surface area contributed by atoms with Crippen LogP contribution >= 0.6 is 0 Å². The first-order valence-corrected chi connectivity index (χ1v) is 43.4. The number of hydrogen-bond donors (Lipinski definition) is 21. The van der Waals surface area contributed by atoms with E-state index in [-0.39, 0.29) is 158 Å². The van der Waals surface area contributed by atoms with Crippen LogP contribution in [0.3, 0.4) is 0 Å². The Hall–Kier alpha value is -12.4. The molecule has 7 rings (SSSR count). The molecule has 0 radical (unpaired) electrons. The Morgan fingerprint density at radius 2 is 0.940 bits per heavy atom. The maximum absolute atomic E-state index is 12.9. The van der Waals surface area contributed by atoms with E-state index in [0.717, 1.165) is 59.4 Å². The zero-order valence-corrected chi connectivity index (χ0v) is 75.1. The fraction of sp³-hybridized carbons (Fsp3) is 0.545. The maximum Gasteiger partial charge on any atom is 0.407 e. The van der Waals surface area contributed by atoms with E-state index in [2.05, 4.69) is 61.6 Å². The smallest absolute Gasteiger partial charge is 0.407 e. The van der Waals surface area contributed by atoms with Gasteiger partial charge in [0.1, 0.15) is 79.8 Å². The van der Waals surface area contributed by atoms with Crippen molar-refractivity contribution in [1.82, 2.24) is 36.8 Å². The Labute approximate surface area is 767 Å². The van der Waals surface area contributed by atoms with Gasteiger partial charge in [-0.3, -0.25) is 62.3 Å². The Kier molecular flexibility index (Phi) is 50.8. The predicted molar refractivity (Wildman–Crippen MR) is 473 cm³/mol. The van der Waals surface area contributed by atoms with Crippen molar-refractivity contribution in [2.45, 2.75) is 236 Å². The molecule has 25 N–H and O–H groups in total. The molecule has 45 nitrogen and oxygen atoms in total. The Morgan fingerprint density at radius 1 is 0.481 bits per heavy atom. The van der Waals surface area contributed by atoms with Gasteiger partial charge in [0.05, 0.1) is 24.0 Å². The molecule has 13 atom stereocenters. The van der Waals surface area contributed by atoms with Gasteiger partial charge in [-0.25, -0.2) is 14.4 Å². The number of unbranched alkanes of at least 4 members (excludes halogenated alkanes) is 3. The molecule has 10 amide bonds. The molecule has 2 aliphatic heterocycles. The number of hydrogen-bond acceptors (Lipinski definition) is 32. The average Bonchev–Trinajstić information content (AvgIpc) is 1.63. The largest absolute Gasteiger partial charge is 0.481 e. The minimum absolute atomic E-state index is 0.00249. The van der Waals surface area contributed by atoms with Gasteiger partial charge in [0.25, 0.3) is 0 Å². The third kappa shape index (κ3) is 40.3. The third-order valence-corrected chi connectivity index (χ3v) is 20.3. The summed E-state index contributed by atoms with van der Waals surface area (Å²) in [5.74, 6) is -11.7. The number of nitrogens with zero attached hydrogens (tertiary/aromatic N) is 1. The number of nitrogens with one attached hydrogen (secondary N) is 8. The van der Waals surface area contributed by atoms with Crippen LogP contribution in [0, 0.1) is 5.92 Å². The molecule has 4 aromatic rings. The topological polar surface area (TPSA) is 723 Å². The van der Waals surface area contributed by atoms with E-state index in [1.807, 2.05) is 50.2 Å². The predicted octanol–water partition coefficient (Wildman–Crippen LogP) is -0.471. The summed E-state index contributed by atoms with van der Waals surface area (Å²) in [5, 5.41) is 109. The molecule has 0 spiro atoms. The summed E-state index contributed by atoms with van der Waals surface area (Å²) in [5.41, 5.74) is 26.7. The number of esters is 2. The van der Waals surface area contributed by atoms with Gasteiger partial charge in [-0.1, -0.05) is 101 Å². The van der Waals surface area contributed by atoms with Crippen LogP contribution in [0.15, 0.2) is 84.9 Å². The highest BCUT2D eigenvalue weighted by atomic mass is 16.7. The number of nitrogens with two attached hydrogens (primary N) is 4. The number of alkyl carbamates (subject to hydrolysis) is 1. The zero-order chi connectivity index (χ0) is 99.0. The number of likely N-dealkylation sites (N-methyl/N-ethyl adjacent to an activating group) is 1. The SMILES string of the molecule is CC(=O)OCc1ccc(O[C@H]2O[C@@H](C(=O)O)[C@H](O)[C@@H](O)[C@@H]2O)c(NC(=O)CCNC(=O)CC[C@@H](CC(=O)CCC(=O)N(C)CC(N)=O)C(=O)NCCN)c1.CCCCN.CCCCNC(=O)[C@@H](CCC(=O)O)NC(=O)OCC1c2ccccc2-c2ccccc21.CCCCNC(=O)[C@H](N)CCC(=O)NCCC(=O)Nc1cc(COC(C)=O)ccc1O[C@H]1O[C@@H](C(=O)O)[C@H](O)[C@@H](O)[C@@H]1O. The van der Waals surface area contributed by atoms with Crippen LogP contribution in [0.2, 0.25) is 0 Å². The number of aliphatic hydroxyl groups excluding tert-OH is 6. The lowest BCUT2D eigenvalue weighted by atomic mass is 9.94. The molecule has 2 heterocycles. The van der Waals surface area contributed by atoms with Crippen molar-refractivity contribution < 1.29 is 156 Å². The summed E-state index contributed by atoms with van der Waals surface area (Å²) in [4.78, 5) is 193. The first kappa shape index (κ1) is 113. The summed E-state index contributed by atoms with van der Waals surface area (Å²) in [6.07, 6.45) is -15.3. The number of carbonyl (C=O) groups excluding carboxylic acids is 13. The number of anilines is 2. The maximum atomic E-state index is 12.9. The number of aliphatic carboxylic acids is 3. The van der Waals surface area contributed by atoms with Crippen LogP contribution < -0.4 is 74.9 Å². The van der Waals surface area contributed by atoms with Crippen LogP contribution in [0.25, 0.3) is 11.1 Å². The Morgan fingerprint density at radius 3 is 1.37 bits per heavy atom. The van der Waals surface area contributed by atoms with Crippen LogP contribution in [0.5, 0.6) is 11.5 Å². The second-order valence-corrected chi connectivity index (χ2v) is 31.0. The van der Waals surface area contributed by atoms with E-state index in [9.17, 15) is 118 Å². The highest BCUT2D eigenvalue weighted by Gasteiger charge is 2.50. The highest BCUT2D eigenvalue weighted by Crippen LogP contribution is 2.45. The van der Waals surface area contributed by atoms with Crippen molar-refractivity contribution in [3.8, 4) is 22.6 Å². The van der Waals surface area contributed by atoms with E-state index in [1.54, 1.807) is 0 Å². The number of Topliss-reactive ketones (excluding diaryl/α,β-unsaturated/α-hetero) is 1. The lowest BCUT2D eigenvalue weighted by Crippen LogP contribution is -2.61. The number of aliphatic hydroxyl groups is 6. The van der Waals surface area contributed by atoms with Crippen LogP contribution in [0.4, 0.5) is 16.2 Å². The monoisotopic (exact) mass is 1880 g/mol. The van der Waals surface area contributed by atoms with Crippen LogP contribution in [-0.2, 0) is 109 Å². The lowest BCUT2D eigenvalue weighted by molar-refractivity contribution is -0.271. The first-order valence-electron chi connectivity index (χ1n) is 43.4. The van der Waals surface area contributed by atoms with Crippen molar-refractivity contribution in [2.75, 3.05) is 76.6 Å². The Bertz CT molecular complexity index is 4480. The number of carboxylic acid groups (broad SMARTS) is 3. The van der Waals surface area contributed by atoms with Crippen molar-refractivity contribution in [2.24, 2.45) is 28.9 Å². The molecule has 0 aromatic heterocycles. The number of fused-ring (bicyclic) bond motifs is 3. The quantitative estimate of drug-likeness (QED) is 0.0151. The molecule has 133 heavy (non-hydrogen) atoms. The van der Waals surface area contributed by atoms with Crippen molar-refractivity contribution in [3.05, 3.63) is 107 Å². The zero-order valence-electron chi connectivity index (χ0n) is 75.1. The number of ether oxygens (including phenoxy) is 7. The van der Waals surface area contributed by atoms with Gasteiger partial charge in [-0.05, 0) is 103 Å². The molecule has 0 bridgehead atoms. The first-order chi connectivity index (χ1) is 63.2. The summed E-state index contributed by atoms with van der Waals surface area (Å²) in [6, 6.07) is 22.5. The number of carboxylic acids is 3. The second kappa shape index (κ2) is 59.9. The molecule has 4 aromatic carbocycles. The standard InChI is InChI=1S/C33H48N6O15.C27H40N4O12.C24H28N2O5.C4H11N/c1-17(40)52-16-18-3-6-22(53-33-29(48)27(46)28(47)30(54-33)32(50)51)21(13-18)38-25(44)9-11-36-24(43)7-4-19(31(49)37-12-10-34)14-20(41)5-8-26(45)39(2)15-23(35)42;1-3-4-10-30-25(38)16(28)6-8-19(33)29-11-9-20(34)31-17-12-15(13-41-14(2)32)5-7-18(17)42-27-23(37)21(35)22(36)24(43-27)26(39)40;1-2-3-14-25-23(29)21(12-13-22(27)28)26-24(30)31-15-20-18-10-6-4-8-16(18)17-9-5-7-11-19(17)20;1-2-3-4-5/h3,6,13,19,27-30,33,46-48H,4-5,7-12,14-16,34H2,1-2H3,(H2,35,42)(H,36,43)(H,37,49)(H,38,44)(H,50,51);5,7,12,16,21-24,27,35-37H,3-4,6,8-11,13,28H2,1-2H3,(H,29,33)(H,30,38)(H,31,34)(H,39,40);4-11,20-21H,2-3,12-15H2,1H3,(H,25,29)(H,26,30)(H,27,28);2-5H2,1H3/t19-,27+,28+,29-,30+,33-;16-,21-,22-,23+,24-,27+;21-;/m011./s1. The van der Waals surface area contributed by atoms with Crippen LogP contribution in [-0.4, -0.2) is 285 Å². The fourth-order valence-electron chi connectivity index (χ4n) is 13.0. The number of rotatable bonds is 50. The molecule has 2 saturated heterocycles. The van der Waals surface area contributed by atoms with Crippen molar-refractivity contribution >= 4 is 106 Å². The molecule has 3 aliphatic rings. The van der Waals surface area contributed by atoms with Gasteiger partial charge in [-0.2, -0.15) is 0 Å². The third-order valence-electron chi connectivity index (χ3n) is 20.3. The van der Waals surface area contributed by atoms with E-state index in [0.29, 0.717) is 24.2 Å². The Balaban J connectivity index is 0.000000419. The lowest BCUT2D eigenvalue weighted by Gasteiger charge is -2.38. The van der Waals surface area contributed by atoms with Gasteiger partial charge in [0.15, 0.2) is 12.2 Å². The van der Waals surface area contributed by atoms with E-state index in [4.69, 9.17) is 61.2 Å². The molecule has 1 aliphatic carbocycles. The number of carbonyl (C=O) groups is 16. The van der Waals surface area contributed by atoms with Crippen molar-refractivity contribution in [1.29, 1.82) is 0 Å². The summed E-state index contributed by atoms with van der Waals surface area (Å²) in [7, 11) is 1.36. The highest BCUT2D eigenvalue weighted by molar-refractivity contribution is 5.95. The number of ketones is 1. The molecule has 2 fully saturated rings. The van der Waals surface area contributed by atoms with Gasteiger partial charge >= 0.3 is 35.9 Å². The molecular formula is C88H127N13O32. The van der Waals surface area contributed by atoms with Gasteiger partial charge < -0.3 is 149 Å². The van der Waals surface area contributed by atoms with Gasteiger partial charge in [-0.15, -0.1) is 0 Å². The molecule has 0 unspecified atom stereocenters. The van der Waals surface area contributed by atoms with E-state index >= 15 is 0 Å². The van der Waals surface area contributed by atoms with E-state index < -0.39 is 168 Å². The summed E-state index contributed by atoms with van der Waals surface area (Å²) >= 11 is 0. The van der Waals surface area contributed by atoms with E-state index in [1.165, 1.54) is 70.1 Å². The number of benzene rings is 4. The molecular weight excluding hydrogens is 1750 g/mol.